The summed E-state index contributed by atoms with van der Waals surface area (Å²) in [5, 5.41) is 9.31. The summed E-state index contributed by atoms with van der Waals surface area (Å²) in [5.74, 6) is 0.516. The molecule has 4 aromatic rings. The molecule has 3 aromatic carbocycles. The summed E-state index contributed by atoms with van der Waals surface area (Å²) in [4.78, 5) is 52.5. The van der Waals surface area contributed by atoms with Gasteiger partial charge in [-0.25, -0.2) is 4.98 Å². The van der Waals surface area contributed by atoms with E-state index in [-0.39, 0.29) is 35.2 Å². The van der Waals surface area contributed by atoms with E-state index in [9.17, 15) is 14.4 Å². The molecule has 12 heteroatoms. The summed E-state index contributed by atoms with van der Waals surface area (Å²) in [6, 6.07) is 18.6. The molecule has 3 amide bonds. The first kappa shape index (κ1) is 39.7. The quantitative estimate of drug-likeness (QED) is 0.102. The fraction of sp³-hybridized carbons (Fsp3) is 0.405. The van der Waals surface area contributed by atoms with Crippen molar-refractivity contribution < 1.29 is 23.9 Å². The molecule has 12 nitrogen and oxygen atoms in total. The number of benzene rings is 3. The Labute approximate surface area is 318 Å². The fourth-order valence-electron chi connectivity index (χ4n) is 6.51. The van der Waals surface area contributed by atoms with Crippen LogP contribution in [-0.4, -0.2) is 83.9 Å². The highest BCUT2D eigenvalue weighted by Crippen LogP contribution is 2.34. The maximum absolute atomic E-state index is 13.8. The van der Waals surface area contributed by atoms with Crippen LogP contribution in [0.5, 0.6) is 17.4 Å². The number of aromatic nitrogens is 2. The van der Waals surface area contributed by atoms with Crippen molar-refractivity contribution in [1.29, 1.82) is 0 Å². The second-order valence-corrected chi connectivity index (χ2v) is 13.7. The zero-order valence-electron chi connectivity index (χ0n) is 32.3. The Bertz CT molecular complexity index is 1890. The van der Waals surface area contributed by atoms with Crippen LogP contribution in [0.15, 0.2) is 66.9 Å². The molecule has 1 fully saturated rings. The van der Waals surface area contributed by atoms with Gasteiger partial charge in [0.05, 0.1) is 7.11 Å². The molecular formula is C42H53N7O5. The predicted octanol–water partition coefficient (Wildman–Crippen LogP) is 7.30. The van der Waals surface area contributed by atoms with Crippen molar-refractivity contribution in [1.82, 2.24) is 25.1 Å². The third-order valence-electron chi connectivity index (χ3n) is 9.89. The van der Waals surface area contributed by atoms with Crippen LogP contribution in [0.3, 0.4) is 0 Å². The molecule has 0 spiro atoms. The SMILES string of the molecule is CCN(CC)CCN(C)C(=O)c1ccc(Nc2ncc(C(=O)Nc3c(C)cccc3C)c(Oc3ccc(CCC(=O)NC4CCCC4)cc3OC)n2)cc1. The van der Waals surface area contributed by atoms with Gasteiger partial charge in [0.2, 0.25) is 17.7 Å². The van der Waals surface area contributed by atoms with Crippen LogP contribution in [-0.2, 0) is 11.2 Å². The summed E-state index contributed by atoms with van der Waals surface area (Å²) < 4.78 is 12.0. The zero-order valence-corrected chi connectivity index (χ0v) is 32.3. The molecule has 1 heterocycles. The van der Waals surface area contributed by atoms with E-state index in [1.807, 2.05) is 51.2 Å². The number of hydrogen-bond donors (Lipinski definition) is 3. The molecule has 5 rings (SSSR count). The van der Waals surface area contributed by atoms with Crippen LogP contribution < -0.4 is 25.4 Å². The normalized spacial score (nSPS) is 12.7. The first-order valence-electron chi connectivity index (χ1n) is 18.8. The Morgan fingerprint density at radius 1 is 0.907 bits per heavy atom. The molecule has 1 aliphatic carbocycles. The van der Waals surface area contributed by atoms with E-state index in [0.717, 1.165) is 62.0 Å². The number of likely N-dealkylation sites (N-methyl/N-ethyl adjacent to an activating group) is 2. The Morgan fingerprint density at radius 3 is 2.28 bits per heavy atom. The van der Waals surface area contributed by atoms with Crippen LogP contribution in [0.25, 0.3) is 0 Å². The lowest BCUT2D eigenvalue weighted by Crippen LogP contribution is -2.36. The predicted molar refractivity (Wildman–Crippen MR) is 212 cm³/mol. The second kappa shape index (κ2) is 19.0. The number of methoxy groups -OCH3 is 1. The third-order valence-corrected chi connectivity index (χ3v) is 9.89. The van der Waals surface area contributed by atoms with E-state index in [4.69, 9.17) is 9.47 Å². The van der Waals surface area contributed by atoms with Gasteiger partial charge in [-0.2, -0.15) is 4.98 Å². The molecule has 0 radical (unpaired) electrons. The number of nitrogens with one attached hydrogen (secondary N) is 3. The molecule has 1 saturated carbocycles. The lowest BCUT2D eigenvalue weighted by molar-refractivity contribution is -0.121. The molecule has 3 N–H and O–H groups in total. The van der Waals surface area contributed by atoms with E-state index < -0.39 is 5.91 Å². The molecule has 0 aliphatic heterocycles. The molecule has 286 valence electrons. The summed E-state index contributed by atoms with van der Waals surface area (Å²) in [6.07, 6.45) is 6.72. The summed E-state index contributed by atoms with van der Waals surface area (Å²) in [6.45, 7) is 11.4. The Hall–Kier alpha value is -5.49. The van der Waals surface area contributed by atoms with Gasteiger partial charge in [-0.05, 0) is 99.3 Å². The minimum atomic E-state index is -0.439. The molecule has 0 bridgehead atoms. The van der Waals surface area contributed by atoms with Gasteiger partial charge in [0, 0.05) is 55.7 Å². The zero-order chi connectivity index (χ0) is 38.6. The summed E-state index contributed by atoms with van der Waals surface area (Å²) in [5.41, 5.74) is 4.77. The van der Waals surface area contributed by atoms with Crippen LogP contribution in [0.1, 0.15) is 83.4 Å². The Kier molecular flexibility index (Phi) is 14.0. The van der Waals surface area contributed by atoms with E-state index in [1.165, 1.54) is 13.3 Å². The smallest absolute Gasteiger partial charge is 0.262 e. The lowest BCUT2D eigenvalue weighted by atomic mass is 10.1. The topological polar surface area (TPSA) is 138 Å². The van der Waals surface area contributed by atoms with Crippen molar-refractivity contribution in [3.05, 3.63) is 94.7 Å². The number of carbonyl (C=O) groups excluding carboxylic acids is 3. The summed E-state index contributed by atoms with van der Waals surface area (Å²) >= 11 is 0. The molecule has 0 atom stereocenters. The van der Waals surface area contributed by atoms with E-state index in [1.54, 1.807) is 35.2 Å². The standard InChI is InChI=1S/C42H53N7O5/c1-7-49(8-2)25-24-48(5)41(52)31-18-20-33(21-19-31)45-42-43-27-34(39(51)46-38-28(3)12-11-13-29(38)4)40(47-42)54-35-22-16-30(26-36(35)53-6)17-23-37(50)44-32-14-9-10-15-32/h11-13,16,18-22,26-27,32H,7-10,14-15,17,23-25H2,1-6H3,(H,44,50)(H,46,51)(H,43,45,47). The van der Waals surface area contributed by atoms with Gasteiger partial charge in [-0.1, -0.05) is 51.0 Å². The minimum absolute atomic E-state index is 0.0138. The van der Waals surface area contributed by atoms with Crippen molar-refractivity contribution in [3.8, 4) is 17.4 Å². The maximum Gasteiger partial charge on any atom is 0.262 e. The van der Waals surface area contributed by atoms with Crippen LogP contribution >= 0.6 is 0 Å². The van der Waals surface area contributed by atoms with Crippen LogP contribution in [0.2, 0.25) is 0 Å². The van der Waals surface area contributed by atoms with Gasteiger partial charge in [-0.15, -0.1) is 0 Å². The monoisotopic (exact) mass is 735 g/mol. The highest BCUT2D eigenvalue weighted by molar-refractivity contribution is 6.06. The van der Waals surface area contributed by atoms with Crippen LogP contribution in [0, 0.1) is 13.8 Å². The van der Waals surface area contributed by atoms with Gasteiger partial charge in [0.15, 0.2) is 11.5 Å². The third kappa shape index (κ3) is 10.6. The highest BCUT2D eigenvalue weighted by atomic mass is 16.5. The number of anilines is 3. The van der Waals surface area contributed by atoms with Gasteiger partial charge in [-0.3, -0.25) is 14.4 Å². The number of rotatable bonds is 17. The molecule has 0 unspecified atom stereocenters. The highest BCUT2D eigenvalue weighted by Gasteiger charge is 2.22. The molecular weight excluding hydrogens is 683 g/mol. The van der Waals surface area contributed by atoms with Crippen molar-refractivity contribution in [2.45, 2.75) is 72.3 Å². The molecule has 0 saturated heterocycles. The lowest BCUT2D eigenvalue weighted by Gasteiger charge is -2.23. The van der Waals surface area contributed by atoms with Gasteiger partial charge in [0.1, 0.15) is 5.56 Å². The number of para-hydroxylation sites is 1. The van der Waals surface area contributed by atoms with Gasteiger partial charge >= 0.3 is 0 Å². The van der Waals surface area contributed by atoms with E-state index in [2.05, 4.69) is 44.7 Å². The first-order chi connectivity index (χ1) is 26.1. The van der Waals surface area contributed by atoms with Crippen molar-refractivity contribution in [2.24, 2.45) is 0 Å². The number of amides is 3. The van der Waals surface area contributed by atoms with Crippen LogP contribution in [0.4, 0.5) is 17.3 Å². The number of hydrogen-bond acceptors (Lipinski definition) is 9. The average molecular weight is 736 g/mol. The van der Waals surface area contributed by atoms with Gasteiger partial charge in [0.25, 0.3) is 11.8 Å². The number of carbonyl (C=O) groups is 3. The first-order valence-corrected chi connectivity index (χ1v) is 18.8. The Balaban J connectivity index is 1.35. The summed E-state index contributed by atoms with van der Waals surface area (Å²) in [7, 11) is 3.35. The second-order valence-electron chi connectivity index (χ2n) is 13.7. The Morgan fingerprint density at radius 2 is 1.61 bits per heavy atom. The van der Waals surface area contributed by atoms with E-state index >= 15 is 0 Å². The van der Waals surface area contributed by atoms with Crippen molar-refractivity contribution >= 4 is 35.0 Å². The molecule has 1 aliphatic rings. The molecule has 54 heavy (non-hydrogen) atoms. The number of nitrogens with zero attached hydrogens (tertiary/aromatic N) is 4. The average Bonchev–Trinajstić information content (AvgIpc) is 3.69. The largest absolute Gasteiger partial charge is 0.493 e. The number of ether oxygens (including phenoxy) is 2. The van der Waals surface area contributed by atoms with Gasteiger partial charge < -0.3 is 35.2 Å². The number of aryl methyl sites for hydroxylation is 3. The van der Waals surface area contributed by atoms with Crippen molar-refractivity contribution in [2.75, 3.05) is 51.0 Å². The fourth-order valence-corrected chi connectivity index (χ4v) is 6.51. The van der Waals surface area contributed by atoms with E-state index in [0.29, 0.717) is 47.8 Å². The molecule has 1 aromatic heterocycles. The maximum atomic E-state index is 13.8. The minimum Gasteiger partial charge on any atom is -0.493 e. The van der Waals surface area contributed by atoms with Crippen molar-refractivity contribution in [3.63, 3.8) is 0 Å².